The van der Waals surface area contributed by atoms with Crippen LogP contribution in [0.3, 0.4) is 0 Å². The van der Waals surface area contributed by atoms with Gasteiger partial charge < -0.3 is 10.4 Å². The zero-order valence-corrected chi connectivity index (χ0v) is 11.5. The quantitative estimate of drug-likeness (QED) is 0.860. The standard InChI is InChI=1S/C14H15ClFN3O/c15-13-14(18-6-5-17-13)19-8-11(9-20)7-10-1-3-12(16)4-2-10/h1-6,11,20H,7-9H2,(H,18,19)/t11-/m1/s1. The maximum absolute atomic E-state index is 12.8. The maximum atomic E-state index is 12.8. The summed E-state index contributed by atoms with van der Waals surface area (Å²) in [5, 5.41) is 12.8. The van der Waals surface area contributed by atoms with Gasteiger partial charge in [0.15, 0.2) is 11.0 Å². The van der Waals surface area contributed by atoms with Crippen LogP contribution in [0.4, 0.5) is 10.2 Å². The number of nitrogens with zero attached hydrogens (tertiary/aromatic N) is 2. The van der Waals surface area contributed by atoms with Gasteiger partial charge in [-0.3, -0.25) is 0 Å². The molecule has 0 radical (unpaired) electrons. The van der Waals surface area contributed by atoms with Crippen LogP contribution >= 0.6 is 11.6 Å². The first-order chi connectivity index (χ1) is 9.69. The first-order valence-electron chi connectivity index (χ1n) is 6.24. The van der Waals surface area contributed by atoms with Crippen molar-refractivity contribution < 1.29 is 9.50 Å². The second-order valence-corrected chi connectivity index (χ2v) is 4.81. The summed E-state index contributed by atoms with van der Waals surface area (Å²) in [4.78, 5) is 7.98. The molecule has 2 N–H and O–H groups in total. The number of halogens is 2. The molecule has 0 fully saturated rings. The molecule has 2 aromatic rings. The number of hydrogen-bond donors (Lipinski definition) is 2. The molecule has 20 heavy (non-hydrogen) atoms. The van der Waals surface area contributed by atoms with E-state index < -0.39 is 0 Å². The number of anilines is 1. The predicted octanol–water partition coefficient (Wildman–Crippen LogP) is 2.53. The summed E-state index contributed by atoms with van der Waals surface area (Å²) < 4.78 is 12.8. The van der Waals surface area contributed by atoms with E-state index in [1.807, 2.05) is 0 Å². The fourth-order valence-electron chi connectivity index (χ4n) is 1.84. The van der Waals surface area contributed by atoms with Crippen molar-refractivity contribution in [2.24, 2.45) is 5.92 Å². The van der Waals surface area contributed by atoms with Crippen molar-refractivity contribution in [3.63, 3.8) is 0 Å². The first kappa shape index (κ1) is 14.7. The number of aliphatic hydroxyl groups excluding tert-OH is 1. The van der Waals surface area contributed by atoms with Gasteiger partial charge in [-0.1, -0.05) is 23.7 Å². The average molecular weight is 296 g/mol. The zero-order chi connectivity index (χ0) is 14.4. The highest BCUT2D eigenvalue weighted by Crippen LogP contribution is 2.16. The van der Waals surface area contributed by atoms with E-state index in [9.17, 15) is 9.50 Å². The Morgan fingerprint density at radius 2 is 1.90 bits per heavy atom. The minimum atomic E-state index is -0.265. The van der Waals surface area contributed by atoms with E-state index in [0.717, 1.165) is 5.56 Å². The van der Waals surface area contributed by atoms with E-state index in [2.05, 4.69) is 15.3 Å². The zero-order valence-electron chi connectivity index (χ0n) is 10.8. The second-order valence-electron chi connectivity index (χ2n) is 4.46. The fraction of sp³-hybridized carbons (Fsp3) is 0.286. The number of rotatable bonds is 6. The van der Waals surface area contributed by atoms with Crippen LogP contribution in [0.2, 0.25) is 5.15 Å². The van der Waals surface area contributed by atoms with Gasteiger partial charge in [-0.25, -0.2) is 14.4 Å². The summed E-state index contributed by atoms with van der Waals surface area (Å²) in [5.41, 5.74) is 0.970. The second kappa shape index (κ2) is 7.17. The molecule has 2 rings (SSSR count). The molecular weight excluding hydrogens is 281 g/mol. The van der Waals surface area contributed by atoms with Crippen molar-refractivity contribution in [3.05, 3.63) is 53.2 Å². The molecule has 0 amide bonds. The van der Waals surface area contributed by atoms with Crippen molar-refractivity contribution in [2.75, 3.05) is 18.5 Å². The molecule has 0 unspecified atom stereocenters. The Morgan fingerprint density at radius 1 is 1.20 bits per heavy atom. The lowest BCUT2D eigenvalue weighted by Crippen LogP contribution is -2.21. The van der Waals surface area contributed by atoms with E-state index in [1.54, 1.807) is 18.3 Å². The molecule has 1 atom stereocenters. The van der Waals surface area contributed by atoms with Crippen LogP contribution in [0.5, 0.6) is 0 Å². The number of hydrogen-bond acceptors (Lipinski definition) is 4. The fourth-order valence-corrected chi connectivity index (χ4v) is 2.01. The Balaban J connectivity index is 1.92. The van der Waals surface area contributed by atoms with Crippen LogP contribution in [0, 0.1) is 11.7 Å². The number of benzene rings is 1. The normalized spacial score (nSPS) is 12.2. The highest BCUT2D eigenvalue weighted by Gasteiger charge is 2.10. The predicted molar refractivity (Wildman–Crippen MR) is 76.2 cm³/mol. The number of aromatic nitrogens is 2. The van der Waals surface area contributed by atoms with Gasteiger partial charge in [0.1, 0.15) is 5.82 Å². The third-order valence-electron chi connectivity index (χ3n) is 2.91. The highest BCUT2D eigenvalue weighted by atomic mass is 35.5. The third kappa shape index (κ3) is 4.15. The first-order valence-corrected chi connectivity index (χ1v) is 6.62. The highest BCUT2D eigenvalue weighted by molar-refractivity contribution is 6.31. The van der Waals surface area contributed by atoms with E-state index in [4.69, 9.17) is 11.6 Å². The largest absolute Gasteiger partial charge is 0.396 e. The van der Waals surface area contributed by atoms with Crippen molar-refractivity contribution in [3.8, 4) is 0 Å². The van der Waals surface area contributed by atoms with Gasteiger partial charge in [-0.05, 0) is 24.1 Å². The Labute approximate surface area is 121 Å². The van der Waals surface area contributed by atoms with Crippen molar-refractivity contribution in [2.45, 2.75) is 6.42 Å². The summed E-state index contributed by atoms with van der Waals surface area (Å²) in [5.74, 6) is 0.212. The molecule has 0 aliphatic heterocycles. The molecule has 1 heterocycles. The van der Waals surface area contributed by atoms with Crippen molar-refractivity contribution >= 4 is 17.4 Å². The summed E-state index contributed by atoms with van der Waals surface area (Å²) in [7, 11) is 0. The van der Waals surface area contributed by atoms with Crippen molar-refractivity contribution in [1.29, 1.82) is 0 Å². The van der Waals surface area contributed by atoms with Gasteiger partial charge in [-0.15, -0.1) is 0 Å². The van der Waals surface area contributed by atoms with E-state index in [1.165, 1.54) is 18.3 Å². The molecule has 106 valence electrons. The maximum Gasteiger partial charge on any atom is 0.171 e. The molecule has 0 bridgehead atoms. The topological polar surface area (TPSA) is 58.0 Å². The molecule has 1 aromatic carbocycles. The van der Waals surface area contributed by atoms with Crippen LogP contribution in [0.15, 0.2) is 36.7 Å². The lowest BCUT2D eigenvalue weighted by molar-refractivity contribution is 0.232. The summed E-state index contributed by atoms with van der Waals surface area (Å²) in [6.07, 6.45) is 3.69. The average Bonchev–Trinajstić information content (AvgIpc) is 2.47. The smallest absolute Gasteiger partial charge is 0.171 e. The summed E-state index contributed by atoms with van der Waals surface area (Å²) in [6, 6.07) is 6.26. The molecule has 0 saturated heterocycles. The molecule has 0 aliphatic carbocycles. The van der Waals surface area contributed by atoms with Gasteiger partial charge in [-0.2, -0.15) is 0 Å². The molecule has 0 aliphatic rings. The lowest BCUT2D eigenvalue weighted by Gasteiger charge is -2.15. The molecule has 6 heteroatoms. The lowest BCUT2D eigenvalue weighted by atomic mass is 10.00. The molecule has 4 nitrogen and oxygen atoms in total. The van der Waals surface area contributed by atoms with Crippen LogP contribution < -0.4 is 5.32 Å². The molecule has 0 spiro atoms. The Hall–Kier alpha value is -1.72. The monoisotopic (exact) mass is 295 g/mol. The molecular formula is C14H15ClFN3O. The van der Waals surface area contributed by atoms with Gasteiger partial charge in [0.2, 0.25) is 0 Å². The van der Waals surface area contributed by atoms with E-state index in [-0.39, 0.29) is 18.3 Å². The van der Waals surface area contributed by atoms with Crippen LogP contribution in [-0.4, -0.2) is 28.2 Å². The van der Waals surface area contributed by atoms with Gasteiger partial charge in [0.25, 0.3) is 0 Å². The SMILES string of the molecule is OC[C@@H](CNc1nccnc1Cl)Cc1ccc(F)cc1. The molecule has 0 saturated carbocycles. The van der Waals surface area contributed by atoms with Crippen LogP contribution in [0.25, 0.3) is 0 Å². The van der Waals surface area contributed by atoms with Crippen LogP contribution in [-0.2, 0) is 6.42 Å². The van der Waals surface area contributed by atoms with Gasteiger partial charge in [0, 0.05) is 31.5 Å². The Kier molecular flexibility index (Phi) is 5.26. The minimum absolute atomic E-state index is 0.0152. The minimum Gasteiger partial charge on any atom is -0.396 e. The van der Waals surface area contributed by atoms with E-state index in [0.29, 0.717) is 23.9 Å². The van der Waals surface area contributed by atoms with Crippen molar-refractivity contribution in [1.82, 2.24) is 9.97 Å². The Bertz CT molecular complexity index is 550. The third-order valence-corrected chi connectivity index (χ3v) is 3.18. The summed E-state index contributed by atoms with van der Waals surface area (Å²) >= 11 is 5.89. The number of nitrogens with one attached hydrogen (secondary N) is 1. The Morgan fingerprint density at radius 3 is 2.55 bits per heavy atom. The van der Waals surface area contributed by atoms with Crippen LogP contribution in [0.1, 0.15) is 5.56 Å². The van der Waals surface area contributed by atoms with Gasteiger partial charge >= 0.3 is 0 Å². The van der Waals surface area contributed by atoms with E-state index >= 15 is 0 Å². The molecule has 1 aromatic heterocycles. The summed E-state index contributed by atoms with van der Waals surface area (Å²) in [6.45, 7) is 0.522. The number of aliphatic hydroxyl groups is 1. The van der Waals surface area contributed by atoms with Gasteiger partial charge in [0.05, 0.1) is 0 Å².